The van der Waals surface area contributed by atoms with Crippen LogP contribution in [0.3, 0.4) is 0 Å². The number of nitrogens with zero attached hydrogens (tertiary/aromatic N) is 3. The molecule has 8 nitrogen and oxygen atoms in total. The van der Waals surface area contributed by atoms with E-state index in [0.29, 0.717) is 25.2 Å². The summed E-state index contributed by atoms with van der Waals surface area (Å²) in [6.45, 7) is 6.46. The van der Waals surface area contributed by atoms with Crippen LogP contribution in [0.15, 0.2) is 18.5 Å². The maximum atomic E-state index is 12.0. The molecule has 2 rings (SSSR count). The summed E-state index contributed by atoms with van der Waals surface area (Å²) in [4.78, 5) is 27.8. The molecule has 1 aliphatic rings. The molecule has 1 aromatic heterocycles. The molecule has 8 heteroatoms. The van der Waals surface area contributed by atoms with Crippen LogP contribution in [0.1, 0.15) is 27.2 Å². The number of hydrogen-bond acceptors (Lipinski definition) is 6. The fraction of sp³-hybridized carbons (Fsp3) is 0.571. The average molecular weight is 308 g/mol. The SMILES string of the molecule is CC(C)(C)OC(=O)N1CCC(Nc2ccncc2[N+](=O)[O-])C1. The number of nitrogens with one attached hydrogen (secondary N) is 1. The van der Waals surface area contributed by atoms with Gasteiger partial charge in [-0.3, -0.25) is 15.1 Å². The minimum Gasteiger partial charge on any atom is -0.444 e. The molecule has 0 spiro atoms. The normalized spacial score (nSPS) is 18.1. The van der Waals surface area contributed by atoms with Gasteiger partial charge in [-0.05, 0) is 33.3 Å². The minimum absolute atomic E-state index is 0.0476. The number of nitro groups is 1. The van der Waals surface area contributed by atoms with Gasteiger partial charge >= 0.3 is 11.8 Å². The zero-order valence-electron chi connectivity index (χ0n) is 12.9. The molecule has 1 aromatic rings. The molecule has 0 saturated carbocycles. The van der Waals surface area contributed by atoms with Gasteiger partial charge in [0, 0.05) is 25.3 Å². The van der Waals surface area contributed by atoms with Gasteiger partial charge in [0.2, 0.25) is 0 Å². The predicted molar refractivity (Wildman–Crippen MR) is 80.7 cm³/mol. The standard InChI is InChI=1S/C14H20N4O4/c1-14(2,3)22-13(19)17-7-5-10(9-17)16-11-4-6-15-8-12(11)18(20)21/h4,6,8,10H,5,7,9H2,1-3H3,(H,15,16). The maximum absolute atomic E-state index is 12.0. The second-order valence-corrected chi connectivity index (χ2v) is 6.21. The van der Waals surface area contributed by atoms with Crippen molar-refractivity contribution in [3.63, 3.8) is 0 Å². The molecule has 0 aromatic carbocycles. The van der Waals surface area contributed by atoms with E-state index >= 15 is 0 Å². The third-order valence-corrected chi connectivity index (χ3v) is 3.20. The van der Waals surface area contributed by atoms with E-state index in [1.807, 2.05) is 20.8 Å². The number of anilines is 1. The number of hydrogen-bond donors (Lipinski definition) is 1. The summed E-state index contributed by atoms with van der Waals surface area (Å²) >= 11 is 0. The lowest BCUT2D eigenvalue weighted by atomic mass is 10.2. The van der Waals surface area contributed by atoms with Crippen LogP contribution in [0, 0.1) is 10.1 Å². The van der Waals surface area contributed by atoms with Crippen LogP contribution in [-0.4, -0.2) is 45.6 Å². The summed E-state index contributed by atoms with van der Waals surface area (Å²) in [5.41, 5.74) is -0.193. The van der Waals surface area contributed by atoms with E-state index in [0.717, 1.165) is 0 Å². The second kappa shape index (κ2) is 6.17. The second-order valence-electron chi connectivity index (χ2n) is 6.21. The van der Waals surface area contributed by atoms with Crippen LogP contribution < -0.4 is 5.32 Å². The third-order valence-electron chi connectivity index (χ3n) is 3.20. The summed E-state index contributed by atoms with van der Waals surface area (Å²) in [5, 5.41) is 14.1. The largest absolute Gasteiger partial charge is 0.444 e. The Morgan fingerprint density at radius 2 is 2.27 bits per heavy atom. The Balaban J connectivity index is 1.97. The number of pyridine rings is 1. The van der Waals surface area contributed by atoms with Gasteiger partial charge in [-0.15, -0.1) is 0 Å². The topological polar surface area (TPSA) is 97.6 Å². The smallest absolute Gasteiger partial charge is 0.410 e. The first-order chi connectivity index (χ1) is 10.3. The van der Waals surface area contributed by atoms with Crippen LogP contribution in [0.2, 0.25) is 0 Å². The Morgan fingerprint density at radius 3 is 2.91 bits per heavy atom. The lowest BCUT2D eigenvalue weighted by molar-refractivity contribution is -0.384. The van der Waals surface area contributed by atoms with E-state index in [1.165, 1.54) is 12.4 Å². The molecule has 0 bridgehead atoms. The van der Waals surface area contributed by atoms with Crippen molar-refractivity contribution in [3.8, 4) is 0 Å². The Kier molecular flexibility index (Phi) is 4.48. The molecule has 2 heterocycles. The monoisotopic (exact) mass is 308 g/mol. The Bertz CT molecular complexity index is 570. The van der Waals surface area contributed by atoms with Crippen molar-refractivity contribution in [3.05, 3.63) is 28.6 Å². The highest BCUT2D eigenvalue weighted by Gasteiger charge is 2.30. The van der Waals surface area contributed by atoms with Crippen LogP contribution in [0.4, 0.5) is 16.2 Å². The summed E-state index contributed by atoms with van der Waals surface area (Å²) in [6, 6.07) is 1.52. The first kappa shape index (κ1) is 16.0. The highest BCUT2D eigenvalue weighted by Crippen LogP contribution is 2.25. The molecule has 0 aliphatic carbocycles. The van der Waals surface area contributed by atoms with Crippen LogP contribution in [0.25, 0.3) is 0 Å². The van der Waals surface area contributed by atoms with Gasteiger partial charge < -0.3 is 15.0 Å². The molecule has 22 heavy (non-hydrogen) atoms. The van der Waals surface area contributed by atoms with E-state index in [4.69, 9.17) is 4.74 Å². The molecule has 1 amide bonds. The van der Waals surface area contributed by atoms with Gasteiger partial charge in [-0.1, -0.05) is 0 Å². The number of aromatic nitrogens is 1. The van der Waals surface area contributed by atoms with Crippen LogP contribution in [0.5, 0.6) is 0 Å². The zero-order valence-corrected chi connectivity index (χ0v) is 12.9. The molecule has 1 aliphatic heterocycles. The lowest BCUT2D eigenvalue weighted by Gasteiger charge is -2.24. The molecular weight excluding hydrogens is 288 g/mol. The van der Waals surface area contributed by atoms with Crippen molar-refractivity contribution in [1.82, 2.24) is 9.88 Å². The van der Waals surface area contributed by atoms with Gasteiger partial charge in [-0.2, -0.15) is 0 Å². The number of carbonyl (C=O) groups excluding carboxylic acids is 1. The highest BCUT2D eigenvalue weighted by molar-refractivity contribution is 5.69. The number of carbonyl (C=O) groups is 1. The Hall–Kier alpha value is -2.38. The van der Waals surface area contributed by atoms with E-state index in [1.54, 1.807) is 11.0 Å². The highest BCUT2D eigenvalue weighted by atomic mass is 16.6. The van der Waals surface area contributed by atoms with Crippen molar-refractivity contribution in [2.24, 2.45) is 0 Å². The van der Waals surface area contributed by atoms with Crippen molar-refractivity contribution < 1.29 is 14.5 Å². The number of ether oxygens (including phenoxy) is 1. The zero-order chi connectivity index (χ0) is 16.3. The maximum Gasteiger partial charge on any atom is 0.410 e. The van der Waals surface area contributed by atoms with E-state index < -0.39 is 10.5 Å². The van der Waals surface area contributed by atoms with Crippen molar-refractivity contribution in [2.45, 2.75) is 38.8 Å². The molecular formula is C14H20N4O4. The average Bonchev–Trinajstić information content (AvgIpc) is 2.86. The van der Waals surface area contributed by atoms with Gasteiger partial charge in [0.25, 0.3) is 0 Å². The predicted octanol–water partition coefficient (Wildman–Crippen LogP) is 2.41. The number of likely N-dealkylation sites (tertiary alicyclic amines) is 1. The van der Waals surface area contributed by atoms with Crippen molar-refractivity contribution in [2.75, 3.05) is 18.4 Å². The Labute approximate surface area is 128 Å². The number of rotatable bonds is 3. The molecule has 1 atom stereocenters. The number of amides is 1. The lowest BCUT2D eigenvalue weighted by Crippen LogP contribution is -2.36. The summed E-state index contributed by atoms with van der Waals surface area (Å²) < 4.78 is 5.32. The Morgan fingerprint density at radius 1 is 1.55 bits per heavy atom. The van der Waals surface area contributed by atoms with Crippen molar-refractivity contribution >= 4 is 17.5 Å². The first-order valence-electron chi connectivity index (χ1n) is 7.09. The fourth-order valence-electron chi connectivity index (χ4n) is 2.24. The van der Waals surface area contributed by atoms with Crippen LogP contribution in [-0.2, 0) is 4.74 Å². The van der Waals surface area contributed by atoms with Crippen LogP contribution >= 0.6 is 0 Å². The van der Waals surface area contributed by atoms with E-state index in [2.05, 4.69) is 10.3 Å². The minimum atomic E-state index is -0.535. The summed E-state index contributed by atoms with van der Waals surface area (Å²) in [5.74, 6) is 0. The summed E-state index contributed by atoms with van der Waals surface area (Å²) in [7, 11) is 0. The summed E-state index contributed by atoms with van der Waals surface area (Å²) in [6.07, 6.45) is 3.05. The van der Waals surface area contributed by atoms with E-state index in [-0.39, 0.29) is 17.8 Å². The fourth-order valence-corrected chi connectivity index (χ4v) is 2.24. The molecule has 0 radical (unpaired) electrons. The molecule has 1 fully saturated rings. The van der Waals surface area contributed by atoms with Gasteiger partial charge in [0.15, 0.2) is 0 Å². The molecule has 1 unspecified atom stereocenters. The van der Waals surface area contributed by atoms with E-state index in [9.17, 15) is 14.9 Å². The third kappa shape index (κ3) is 4.06. The van der Waals surface area contributed by atoms with Gasteiger partial charge in [0.05, 0.1) is 4.92 Å². The van der Waals surface area contributed by atoms with Crippen molar-refractivity contribution in [1.29, 1.82) is 0 Å². The first-order valence-corrected chi connectivity index (χ1v) is 7.09. The van der Waals surface area contributed by atoms with Gasteiger partial charge in [0.1, 0.15) is 17.5 Å². The molecule has 1 saturated heterocycles. The van der Waals surface area contributed by atoms with Gasteiger partial charge in [-0.25, -0.2) is 4.79 Å². The molecule has 1 N–H and O–H groups in total. The quantitative estimate of drug-likeness (QED) is 0.680. The molecule has 120 valence electrons.